The van der Waals surface area contributed by atoms with Crippen LogP contribution >= 0.6 is 0 Å². The van der Waals surface area contributed by atoms with Gasteiger partial charge >= 0.3 is 5.69 Å². The number of aromatic amines is 1. The fraction of sp³-hybridized carbons (Fsp3) is 0.176. The van der Waals surface area contributed by atoms with Crippen LogP contribution < -0.4 is 5.69 Å². The number of aryl methyl sites for hydroxylation is 1. The molecule has 1 aromatic heterocycles. The molecule has 0 aliphatic carbocycles. The van der Waals surface area contributed by atoms with Crippen molar-refractivity contribution in [2.75, 3.05) is 0 Å². The summed E-state index contributed by atoms with van der Waals surface area (Å²) in [7, 11) is 0. The maximum absolute atomic E-state index is 11.8. The van der Waals surface area contributed by atoms with Crippen LogP contribution in [0.5, 0.6) is 0 Å². The van der Waals surface area contributed by atoms with E-state index < -0.39 is 0 Å². The molecule has 112 valence electrons. The van der Waals surface area contributed by atoms with Crippen LogP contribution in [0, 0.1) is 6.92 Å². The van der Waals surface area contributed by atoms with Crippen molar-refractivity contribution < 1.29 is 5.11 Å². The highest BCUT2D eigenvalue weighted by molar-refractivity contribution is 5.64. The van der Waals surface area contributed by atoms with Crippen LogP contribution in [0.25, 0.3) is 11.1 Å². The van der Waals surface area contributed by atoms with Gasteiger partial charge in [-0.1, -0.05) is 42.5 Å². The molecule has 5 nitrogen and oxygen atoms in total. The number of aliphatic hydroxyl groups excluding tert-OH is 1. The first kappa shape index (κ1) is 14.3. The monoisotopic (exact) mass is 295 g/mol. The number of aromatic nitrogens is 3. The van der Waals surface area contributed by atoms with Crippen LogP contribution in [-0.2, 0) is 13.2 Å². The first-order valence-corrected chi connectivity index (χ1v) is 7.09. The maximum atomic E-state index is 11.8. The predicted molar refractivity (Wildman–Crippen MR) is 84.5 cm³/mol. The molecule has 2 N–H and O–H groups in total. The molecule has 0 atom stereocenters. The van der Waals surface area contributed by atoms with Crippen molar-refractivity contribution in [1.29, 1.82) is 0 Å². The average molecular weight is 295 g/mol. The Labute approximate surface area is 127 Å². The molecule has 1 heterocycles. The largest absolute Gasteiger partial charge is 0.388 e. The van der Waals surface area contributed by atoms with Crippen LogP contribution in [0.1, 0.15) is 17.0 Å². The smallest absolute Gasteiger partial charge is 0.343 e. The van der Waals surface area contributed by atoms with E-state index in [4.69, 9.17) is 0 Å². The average Bonchev–Trinajstić information content (AvgIpc) is 2.90. The van der Waals surface area contributed by atoms with Gasteiger partial charge in [0.1, 0.15) is 6.61 Å². The third-order valence-corrected chi connectivity index (χ3v) is 3.76. The van der Waals surface area contributed by atoms with Crippen LogP contribution in [0.4, 0.5) is 0 Å². The van der Waals surface area contributed by atoms with Gasteiger partial charge < -0.3 is 5.11 Å². The number of hydrogen-bond donors (Lipinski definition) is 2. The Morgan fingerprint density at radius 2 is 1.91 bits per heavy atom. The van der Waals surface area contributed by atoms with Gasteiger partial charge in [0, 0.05) is 0 Å². The number of benzene rings is 2. The predicted octanol–water partition coefficient (Wildman–Crippen LogP) is 2.09. The molecule has 0 fully saturated rings. The molecule has 5 heteroatoms. The molecule has 0 aliphatic rings. The van der Waals surface area contributed by atoms with Gasteiger partial charge in [0.05, 0.1) is 6.54 Å². The van der Waals surface area contributed by atoms with Gasteiger partial charge in [-0.05, 0) is 35.2 Å². The van der Waals surface area contributed by atoms with Crippen molar-refractivity contribution >= 4 is 0 Å². The Hall–Kier alpha value is -2.66. The second kappa shape index (κ2) is 5.99. The summed E-state index contributed by atoms with van der Waals surface area (Å²) < 4.78 is 1.46. The molecule has 0 unspecified atom stereocenters. The third kappa shape index (κ3) is 2.71. The second-order valence-corrected chi connectivity index (χ2v) is 5.20. The molecule has 3 rings (SSSR count). The number of hydrogen-bond acceptors (Lipinski definition) is 3. The van der Waals surface area contributed by atoms with Crippen molar-refractivity contribution in [2.24, 2.45) is 0 Å². The van der Waals surface area contributed by atoms with E-state index in [0.29, 0.717) is 12.4 Å². The molecule has 3 aromatic rings. The number of nitrogens with one attached hydrogen (secondary N) is 1. The van der Waals surface area contributed by atoms with E-state index in [2.05, 4.69) is 34.5 Å². The zero-order chi connectivity index (χ0) is 15.5. The summed E-state index contributed by atoms with van der Waals surface area (Å²) in [5, 5.41) is 15.5. The Kier molecular flexibility index (Phi) is 3.89. The minimum Gasteiger partial charge on any atom is -0.388 e. The zero-order valence-electron chi connectivity index (χ0n) is 12.3. The van der Waals surface area contributed by atoms with Crippen LogP contribution in [0.15, 0.2) is 53.3 Å². The molecule has 0 amide bonds. The number of H-pyrrole nitrogens is 1. The molecule has 2 aromatic carbocycles. The molecule has 0 bridgehead atoms. The van der Waals surface area contributed by atoms with Crippen molar-refractivity contribution in [1.82, 2.24) is 14.8 Å². The molecule has 0 saturated heterocycles. The van der Waals surface area contributed by atoms with E-state index in [0.717, 1.165) is 22.3 Å². The highest BCUT2D eigenvalue weighted by Crippen LogP contribution is 2.22. The first-order chi connectivity index (χ1) is 10.7. The lowest BCUT2D eigenvalue weighted by atomic mass is 10.00. The minimum absolute atomic E-state index is 0.268. The minimum atomic E-state index is -0.312. The summed E-state index contributed by atoms with van der Waals surface area (Å²) in [5.41, 5.74) is 4.04. The molecule has 22 heavy (non-hydrogen) atoms. The fourth-order valence-corrected chi connectivity index (χ4v) is 2.46. The summed E-state index contributed by atoms with van der Waals surface area (Å²) in [5.74, 6) is 0.342. The Morgan fingerprint density at radius 3 is 2.64 bits per heavy atom. The molecule has 0 spiro atoms. The molecular formula is C17H17N3O2. The van der Waals surface area contributed by atoms with E-state index in [1.165, 1.54) is 4.57 Å². The van der Waals surface area contributed by atoms with Crippen molar-refractivity contribution in [3.8, 4) is 11.1 Å². The fourth-order valence-electron chi connectivity index (χ4n) is 2.46. The topological polar surface area (TPSA) is 70.9 Å². The van der Waals surface area contributed by atoms with Gasteiger partial charge in [0.15, 0.2) is 5.82 Å². The van der Waals surface area contributed by atoms with E-state index in [1.54, 1.807) is 0 Å². The quantitative estimate of drug-likeness (QED) is 0.774. The summed E-state index contributed by atoms with van der Waals surface area (Å²) in [6.45, 7) is 2.13. The maximum Gasteiger partial charge on any atom is 0.343 e. The second-order valence-electron chi connectivity index (χ2n) is 5.20. The van der Waals surface area contributed by atoms with Crippen LogP contribution in [-0.4, -0.2) is 19.9 Å². The lowest BCUT2D eigenvalue weighted by Crippen LogP contribution is -2.20. The number of rotatable bonds is 4. The lowest BCUT2D eigenvalue weighted by molar-refractivity contribution is 0.265. The number of aliphatic hydroxyl groups is 1. The summed E-state index contributed by atoms with van der Waals surface area (Å²) in [6, 6.07) is 16.3. The van der Waals surface area contributed by atoms with Gasteiger partial charge in [-0.2, -0.15) is 5.10 Å². The molecule has 0 radical (unpaired) electrons. The lowest BCUT2D eigenvalue weighted by Gasteiger charge is -2.10. The Morgan fingerprint density at radius 1 is 1.14 bits per heavy atom. The SMILES string of the molecule is Cc1ccc(-c2ccccc2)cc1Cn1c(CO)n[nH]c1=O. The molecule has 0 aliphatic heterocycles. The third-order valence-electron chi connectivity index (χ3n) is 3.76. The van der Waals surface area contributed by atoms with E-state index in [-0.39, 0.29) is 12.3 Å². The number of nitrogens with zero attached hydrogens (tertiary/aromatic N) is 2. The Bertz CT molecular complexity index is 835. The molecular weight excluding hydrogens is 278 g/mol. The van der Waals surface area contributed by atoms with Crippen molar-refractivity contribution in [2.45, 2.75) is 20.1 Å². The summed E-state index contributed by atoms with van der Waals surface area (Å²) >= 11 is 0. The van der Waals surface area contributed by atoms with Gasteiger partial charge in [-0.3, -0.25) is 4.57 Å². The molecule has 0 saturated carbocycles. The van der Waals surface area contributed by atoms with E-state index in [9.17, 15) is 9.90 Å². The van der Waals surface area contributed by atoms with Gasteiger partial charge in [-0.15, -0.1) is 0 Å². The van der Waals surface area contributed by atoms with Crippen LogP contribution in [0.3, 0.4) is 0 Å². The van der Waals surface area contributed by atoms with Crippen LogP contribution in [0.2, 0.25) is 0 Å². The van der Waals surface area contributed by atoms with Crippen molar-refractivity contribution in [3.05, 3.63) is 76.0 Å². The van der Waals surface area contributed by atoms with Gasteiger partial charge in [-0.25, -0.2) is 9.89 Å². The zero-order valence-corrected chi connectivity index (χ0v) is 12.3. The van der Waals surface area contributed by atoms with E-state index in [1.807, 2.05) is 31.2 Å². The standard InChI is InChI=1S/C17H17N3O2/c1-12-7-8-14(13-5-3-2-4-6-13)9-15(12)10-20-16(11-21)18-19-17(20)22/h2-9,21H,10-11H2,1H3,(H,19,22). The highest BCUT2D eigenvalue weighted by atomic mass is 16.3. The van der Waals surface area contributed by atoms with Crippen molar-refractivity contribution in [3.63, 3.8) is 0 Å². The normalized spacial score (nSPS) is 10.8. The Balaban J connectivity index is 2.00. The van der Waals surface area contributed by atoms with Gasteiger partial charge in [0.25, 0.3) is 0 Å². The summed E-state index contributed by atoms with van der Waals surface area (Å²) in [4.78, 5) is 11.8. The van der Waals surface area contributed by atoms with Gasteiger partial charge in [0.2, 0.25) is 0 Å². The highest BCUT2D eigenvalue weighted by Gasteiger charge is 2.10. The van der Waals surface area contributed by atoms with E-state index >= 15 is 0 Å². The summed E-state index contributed by atoms with van der Waals surface area (Å²) in [6.07, 6.45) is 0. The first-order valence-electron chi connectivity index (χ1n) is 7.09.